The second kappa shape index (κ2) is 6.47. The highest BCUT2D eigenvalue weighted by atomic mass is 16.5. The van der Waals surface area contributed by atoms with Crippen LogP contribution < -0.4 is 0 Å². The molecule has 3 heteroatoms. The summed E-state index contributed by atoms with van der Waals surface area (Å²) in [6.45, 7) is 3.18. The lowest BCUT2D eigenvalue weighted by atomic mass is 9.82. The molecule has 1 aromatic carbocycles. The van der Waals surface area contributed by atoms with Crippen LogP contribution in [0.15, 0.2) is 24.3 Å². The van der Waals surface area contributed by atoms with E-state index in [-0.39, 0.29) is 0 Å². The van der Waals surface area contributed by atoms with Crippen LogP contribution in [0.1, 0.15) is 42.7 Å². The lowest BCUT2D eigenvalue weighted by molar-refractivity contribution is -0.0774. The first-order chi connectivity index (χ1) is 10.2. The Balaban J connectivity index is 1.61. The Hall–Kier alpha value is -0.900. The van der Waals surface area contributed by atoms with Gasteiger partial charge in [-0.1, -0.05) is 24.3 Å². The van der Waals surface area contributed by atoms with Crippen molar-refractivity contribution in [2.45, 2.75) is 43.6 Å². The zero-order valence-corrected chi connectivity index (χ0v) is 13.1. The molecule has 0 bridgehead atoms. The fourth-order valence-electron chi connectivity index (χ4n) is 3.90. The van der Waals surface area contributed by atoms with Gasteiger partial charge in [-0.15, -0.1) is 0 Å². The number of rotatable bonds is 4. The van der Waals surface area contributed by atoms with E-state index in [1.54, 1.807) is 0 Å². The van der Waals surface area contributed by atoms with Crippen molar-refractivity contribution in [1.29, 1.82) is 0 Å². The van der Waals surface area contributed by atoms with E-state index in [1.165, 1.54) is 30.4 Å². The molecule has 3 nitrogen and oxygen atoms in total. The molecule has 1 aromatic rings. The minimum atomic E-state index is -0.554. The topological polar surface area (TPSA) is 32.7 Å². The maximum Gasteiger partial charge on any atom is 0.0817 e. The largest absolute Gasteiger partial charge is 0.388 e. The normalized spacial score (nSPS) is 24.8. The maximum atomic E-state index is 10.6. The van der Waals surface area contributed by atoms with Gasteiger partial charge in [0, 0.05) is 39.1 Å². The average Bonchev–Trinajstić information content (AvgIpc) is 2.48. The molecule has 1 aliphatic carbocycles. The van der Waals surface area contributed by atoms with Gasteiger partial charge in [0.15, 0.2) is 0 Å². The third kappa shape index (κ3) is 3.65. The zero-order valence-electron chi connectivity index (χ0n) is 13.1. The first-order valence-electron chi connectivity index (χ1n) is 8.23. The van der Waals surface area contributed by atoms with Crippen molar-refractivity contribution >= 4 is 0 Å². The van der Waals surface area contributed by atoms with Crippen molar-refractivity contribution < 1.29 is 9.84 Å². The number of benzene rings is 1. The molecule has 1 N–H and O–H groups in total. The van der Waals surface area contributed by atoms with Crippen LogP contribution >= 0.6 is 0 Å². The second-order valence-electron chi connectivity index (χ2n) is 6.82. The van der Waals surface area contributed by atoms with Crippen LogP contribution in [0, 0.1) is 0 Å². The minimum Gasteiger partial charge on any atom is -0.388 e. The smallest absolute Gasteiger partial charge is 0.0817 e. The molecule has 0 aromatic heterocycles. The summed E-state index contributed by atoms with van der Waals surface area (Å²) >= 11 is 0. The van der Waals surface area contributed by atoms with Crippen molar-refractivity contribution in [3.05, 3.63) is 35.4 Å². The number of likely N-dealkylation sites (N-methyl/N-ethyl adjacent to an activating group) is 1. The van der Waals surface area contributed by atoms with Gasteiger partial charge in [0.1, 0.15) is 0 Å². The fourth-order valence-corrected chi connectivity index (χ4v) is 3.90. The molecule has 1 saturated heterocycles. The van der Waals surface area contributed by atoms with E-state index in [1.807, 2.05) is 0 Å². The number of ether oxygens (including phenoxy) is 1. The molecule has 0 spiro atoms. The van der Waals surface area contributed by atoms with E-state index in [0.717, 1.165) is 25.9 Å². The van der Waals surface area contributed by atoms with Gasteiger partial charge >= 0.3 is 0 Å². The lowest BCUT2D eigenvalue weighted by Gasteiger charge is -2.37. The summed E-state index contributed by atoms with van der Waals surface area (Å²) in [5.41, 5.74) is 2.49. The Labute approximate surface area is 127 Å². The Morgan fingerprint density at radius 2 is 2.05 bits per heavy atom. The third-order valence-corrected chi connectivity index (χ3v) is 5.01. The summed E-state index contributed by atoms with van der Waals surface area (Å²) in [6.07, 6.45) is 5.30. The van der Waals surface area contributed by atoms with Crippen molar-refractivity contribution in [3.63, 3.8) is 0 Å². The Bertz CT molecular complexity index is 468. The van der Waals surface area contributed by atoms with Crippen molar-refractivity contribution in [2.24, 2.45) is 0 Å². The van der Waals surface area contributed by atoms with Crippen LogP contribution in [0.3, 0.4) is 0 Å². The Morgan fingerprint density at radius 1 is 1.29 bits per heavy atom. The number of nitrogens with zero attached hydrogens (tertiary/aromatic N) is 1. The minimum absolute atomic E-state index is 0.554. The fraction of sp³-hybridized carbons (Fsp3) is 0.667. The van der Waals surface area contributed by atoms with E-state index in [2.05, 4.69) is 36.2 Å². The van der Waals surface area contributed by atoms with Gasteiger partial charge in [-0.3, -0.25) is 0 Å². The zero-order chi connectivity index (χ0) is 14.7. The number of aryl methyl sites for hydroxylation is 1. The predicted octanol–water partition coefficient (Wildman–Crippen LogP) is 2.58. The first kappa shape index (κ1) is 15.0. The van der Waals surface area contributed by atoms with Crippen LogP contribution in [0.25, 0.3) is 0 Å². The van der Waals surface area contributed by atoms with Crippen molar-refractivity contribution in [3.8, 4) is 0 Å². The Morgan fingerprint density at radius 3 is 2.86 bits per heavy atom. The van der Waals surface area contributed by atoms with Crippen LogP contribution in [0.5, 0.6) is 0 Å². The lowest BCUT2D eigenvalue weighted by Crippen LogP contribution is -2.46. The molecule has 2 aliphatic rings. The molecule has 0 radical (unpaired) electrons. The molecule has 1 fully saturated rings. The van der Waals surface area contributed by atoms with Gasteiger partial charge in [-0.25, -0.2) is 0 Å². The first-order valence-corrected chi connectivity index (χ1v) is 8.23. The Kier molecular flexibility index (Phi) is 4.63. The molecule has 1 aliphatic heterocycles. The van der Waals surface area contributed by atoms with Gasteiger partial charge in [0.25, 0.3) is 0 Å². The van der Waals surface area contributed by atoms with Crippen LogP contribution in [0.2, 0.25) is 0 Å². The molecule has 116 valence electrons. The van der Waals surface area contributed by atoms with Gasteiger partial charge in [0.2, 0.25) is 0 Å². The molecule has 1 atom stereocenters. The molecule has 1 unspecified atom stereocenters. The monoisotopic (exact) mass is 289 g/mol. The standard InChI is InChI=1S/C18H27NO2/c1-19(14-18(20)9-11-21-12-10-18)13-16-7-4-6-15-5-2-3-8-17(15)16/h2-3,5,8,16,20H,4,6-7,9-14H2,1H3. The highest BCUT2D eigenvalue weighted by molar-refractivity contribution is 5.32. The molecule has 1 heterocycles. The van der Waals surface area contributed by atoms with Crippen LogP contribution in [-0.4, -0.2) is 49.0 Å². The number of aliphatic hydroxyl groups is 1. The summed E-state index contributed by atoms with van der Waals surface area (Å²) in [6, 6.07) is 8.86. The molecule has 0 amide bonds. The number of hydrogen-bond donors (Lipinski definition) is 1. The van der Waals surface area contributed by atoms with E-state index in [0.29, 0.717) is 19.1 Å². The van der Waals surface area contributed by atoms with E-state index in [4.69, 9.17) is 4.74 Å². The summed E-state index contributed by atoms with van der Waals surface area (Å²) in [7, 11) is 2.14. The SMILES string of the molecule is CN(CC1CCCc2ccccc21)CC1(O)CCOCC1. The van der Waals surface area contributed by atoms with Gasteiger partial charge in [0.05, 0.1) is 5.60 Å². The van der Waals surface area contributed by atoms with E-state index < -0.39 is 5.60 Å². The van der Waals surface area contributed by atoms with Gasteiger partial charge in [-0.2, -0.15) is 0 Å². The summed E-state index contributed by atoms with van der Waals surface area (Å²) in [5.74, 6) is 0.614. The summed E-state index contributed by atoms with van der Waals surface area (Å²) in [5, 5.41) is 10.6. The summed E-state index contributed by atoms with van der Waals surface area (Å²) in [4.78, 5) is 2.32. The maximum absolute atomic E-state index is 10.6. The quantitative estimate of drug-likeness (QED) is 0.925. The van der Waals surface area contributed by atoms with Crippen LogP contribution in [-0.2, 0) is 11.2 Å². The molecule has 21 heavy (non-hydrogen) atoms. The van der Waals surface area contributed by atoms with Gasteiger partial charge < -0.3 is 14.7 Å². The average molecular weight is 289 g/mol. The van der Waals surface area contributed by atoms with Crippen LogP contribution in [0.4, 0.5) is 0 Å². The third-order valence-electron chi connectivity index (χ3n) is 5.01. The highest BCUT2D eigenvalue weighted by Crippen LogP contribution is 2.32. The van der Waals surface area contributed by atoms with Crippen molar-refractivity contribution in [1.82, 2.24) is 4.90 Å². The molecule has 0 saturated carbocycles. The number of hydrogen-bond acceptors (Lipinski definition) is 3. The second-order valence-corrected chi connectivity index (χ2v) is 6.82. The van der Waals surface area contributed by atoms with Crippen molar-refractivity contribution in [2.75, 3.05) is 33.4 Å². The molecular formula is C18H27NO2. The number of fused-ring (bicyclic) bond motifs is 1. The molecular weight excluding hydrogens is 262 g/mol. The predicted molar refractivity (Wildman–Crippen MR) is 84.6 cm³/mol. The molecule has 3 rings (SSSR count). The highest BCUT2D eigenvalue weighted by Gasteiger charge is 2.32. The summed E-state index contributed by atoms with van der Waals surface area (Å²) < 4.78 is 5.36. The van der Waals surface area contributed by atoms with E-state index >= 15 is 0 Å². The van der Waals surface area contributed by atoms with E-state index in [9.17, 15) is 5.11 Å². The van der Waals surface area contributed by atoms with Gasteiger partial charge in [-0.05, 0) is 43.4 Å².